The minimum atomic E-state index is -0.277. The molecule has 0 radical (unpaired) electrons. The van der Waals surface area contributed by atoms with E-state index in [1.165, 1.54) is 12.1 Å². The zero-order chi connectivity index (χ0) is 10.4. The van der Waals surface area contributed by atoms with Crippen LogP contribution in [0.4, 0.5) is 4.39 Å². The van der Waals surface area contributed by atoms with Gasteiger partial charge in [-0.3, -0.25) is 5.41 Å². The van der Waals surface area contributed by atoms with Gasteiger partial charge in [0, 0.05) is 6.42 Å². The van der Waals surface area contributed by atoms with Gasteiger partial charge < -0.3 is 10.5 Å². The number of rotatable bonds is 5. The van der Waals surface area contributed by atoms with Gasteiger partial charge in [0.05, 0.1) is 12.4 Å². The van der Waals surface area contributed by atoms with E-state index >= 15 is 0 Å². The van der Waals surface area contributed by atoms with E-state index in [1.54, 1.807) is 12.1 Å². The summed E-state index contributed by atoms with van der Waals surface area (Å²) in [5.41, 5.74) is 5.17. The van der Waals surface area contributed by atoms with Crippen molar-refractivity contribution in [2.45, 2.75) is 12.8 Å². The molecule has 0 saturated carbocycles. The molecule has 1 rings (SSSR count). The van der Waals surface area contributed by atoms with Gasteiger partial charge in [-0.2, -0.15) is 0 Å². The van der Waals surface area contributed by atoms with Crippen LogP contribution in [0.15, 0.2) is 24.3 Å². The summed E-state index contributed by atoms with van der Waals surface area (Å²) in [4.78, 5) is 0. The Hall–Kier alpha value is -1.58. The third-order valence-corrected chi connectivity index (χ3v) is 1.67. The fourth-order valence-corrected chi connectivity index (χ4v) is 0.983. The molecule has 0 bridgehead atoms. The number of nitrogens with two attached hydrogens (primary N) is 1. The molecule has 76 valence electrons. The van der Waals surface area contributed by atoms with Gasteiger partial charge in [-0.1, -0.05) is 0 Å². The van der Waals surface area contributed by atoms with Gasteiger partial charge >= 0.3 is 0 Å². The van der Waals surface area contributed by atoms with Crippen molar-refractivity contribution < 1.29 is 9.13 Å². The highest BCUT2D eigenvalue weighted by molar-refractivity contribution is 5.76. The fraction of sp³-hybridized carbons (Fsp3) is 0.300. The van der Waals surface area contributed by atoms with Gasteiger partial charge in [0.25, 0.3) is 0 Å². The van der Waals surface area contributed by atoms with E-state index in [4.69, 9.17) is 15.9 Å². The first kappa shape index (κ1) is 10.5. The highest BCUT2D eigenvalue weighted by atomic mass is 19.1. The van der Waals surface area contributed by atoms with Gasteiger partial charge in [-0.05, 0) is 30.7 Å². The van der Waals surface area contributed by atoms with E-state index in [1.807, 2.05) is 0 Å². The standard InChI is InChI=1S/C10H13FN2O/c11-8-3-5-9(6-4-8)14-7-1-2-10(12)13/h3-6H,1-2,7H2,(H3,12,13). The molecule has 0 heterocycles. The summed E-state index contributed by atoms with van der Waals surface area (Å²) in [6.07, 6.45) is 1.23. The van der Waals surface area contributed by atoms with E-state index in [2.05, 4.69) is 0 Å². The van der Waals surface area contributed by atoms with Crippen molar-refractivity contribution in [2.75, 3.05) is 6.61 Å². The molecular weight excluding hydrogens is 183 g/mol. The summed E-state index contributed by atoms with van der Waals surface area (Å²) < 4.78 is 17.8. The van der Waals surface area contributed by atoms with E-state index in [-0.39, 0.29) is 11.7 Å². The molecule has 0 spiro atoms. The third-order valence-electron chi connectivity index (χ3n) is 1.67. The van der Waals surface area contributed by atoms with Crippen LogP contribution in [-0.2, 0) is 0 Å². The van der Waals surface area contributed by atoms with Crippen LogP contribution in [0.25, 0.3) is 0 Å². The Morgan fingerprint density at radius 3 is 2.57 bits per heavy atom. The lowest BCUT2D eigenvalue weighted by atomic mass is 10.3. The zero-order valence-electron chi connectivity index (χ0n) is 7.79. The summed E-state index contributed by atoms with van der Waals surface area (Å²) in [5, 5.41) is 6.98. The van der Waals surface area contributed by atoms with Crippen molar-refractivity contribution in [2.24, 2.45) is 5.73 Å². The van der Waals surface area contributed by atoms with Crippen LogP contribution in [0.3, 0.4) is 0 Å². The second-order valence-electron chi connectivity index (χ2n) is 2.93. The van der Waals surface area contributed by atoms with Crippen molar-refractivity contribution >= 4 is 5.84 Å². The molecule has 0 aliphatic rings. The van der Waals surface area contributed by atoms with Gasteiger partial charge in [-0.15, -0.1) is 0 Å². The average Bonchev–Trinajstić information content (AvgIpc) is 2.15. The maximum atomic E-state index is 12.5. The molecular formula is C10H13FN2O. The number of benzene rings is 1. The minimum absolute atomic E-state index is 0.160. The van der Waals surface area contributed by atoms with Crippen molar-refractivity contribution in [3.8, 4) is 5.75 Å². The Labute approximate surface area is 82.2 Å². The third kappa shape index (κ3) is 3.89. The predicted molar refractivity (Wildman–Crippen MR) is 53.0 cm³/mol. The number of halogens is 1. The molecule has 0 fully saturated rings. The smallest absolute Gasteiger partial charge is 0.123 e. The second kappa shape index (κ2) is 5.21. The molecule has 1 aromatic rings. The van der Waals surface area contributed by atoms with Crippen molar-refractivity contribution in [3.63, 3.8) is 0 Å². The topological polar surface area (TPSA) is 59.1 Å². The lowest BCUT2D eigenvalue weighted by Gasteiger charge is -2.04. The van der Waals surface area contributed by atoms with Gasteiger partial charge in [-0.25, -0.2) is 4.39 Å². The summed E-state index contributed by atoms with van der Waals surface area (Å²) in [5.74, 6) is 0.517. The molecule has 0 aliphatic heterocycles. The Bertz CT molecular complexity index is 297. The van der Waals surface area contributed by atoms with Crippen LogP contribution in [0.1, 0.15) is 12.8 Å². The van der Waals surface area contributed by atoms with Crippen molar-refractivity contribution in [1.29, 1.82) is 5.41 Å². The molecule has 3 N–H and O–H groups in total. The SMILES string of the molecule is N=C(N)CCCOc1ccc(F)cc1. The summed E-state index contributed by atoms with van der Waals surface area (Å²) >= 11 is 0. The highest BCUT2D eigenvalue weighted by Crippen LogP contribution is 2.11. The zero-order valence-corrected chi connectivity index (χ0v) is 7.79. The van der Waals surface area contributed by atoms with Crippen molar-refractivity contribution in [3.05, 3.63) is 30.1 Å². The number of ether oxygens (including phenoxy) is 1. The Balaban J connectivity index is 2.25. The minimum Gasteiger partial charge on any atom is -0.494 e. The van der Waals surface area contributed by atoms with E-state index in [0.29, 0.717) is 25.2 Å². The average molecular weight is 196 g/mol. The van der Waals surface area contributed by atoms with Gasteiger partial charge in [0.15, 0.2) is 0 Å². The Morgan fingerprint density at radius 2 is 2.00 bits per heavy atom. The van der Waals surface area contributed by atoms with Crippen LogP contribution in [0, 0.1) is 11.2 Å². The monoisotopic (exact) mass is 196 g/mol. The molecule has 0 aliphatic carbocycles. The van der Waals surface area contributed by atoms with Crippen molar-refractivity contribution in [1.82, 2.24) is 0 Å². The van der Waals surface area contributed by atoms with Gasteiger partial charge in [0.2, 0.25) is 0 Å². The van der Waals surface area contributed by atoms with Crippen LogP contribution in [0.2, 0.25) is 0 Å². The Morgan fingerprint density at radius 1 is 1.36 bits per heavy atom. The summed E-state index contributed by atoms with van der Waals surface area (Å²) in [6.45, 7) is 0.491. The summed E-state index contributed by atoms with van der Waals surface area (Å²) in [7, 11) is 0. The van der Waals surface area contributed by atoms with E-state index < -0.39 is 0 Å². The molecule has 1 aromatic carbocycles. The lowest BCUT2D eigenvalue weighted by Crippen LogP contribution is -2.10. The first-order chi connectivity index (χ1) is 6.68. The first-order valence-corrected chi connectivity index (χ1v) is 4.40. The quantitative estimate of drug-likeness (QED) is 0.429. The fourth-order valence-electron chi connectivity index (χ4n) is 0.983. The predicted octanol–water partition coefficient (Wildman–Crippen LogP) is 1.92. The molecule has 0 amide bonds. The van der Waals surface area contributed by atoms with E-state index in [0.717, 1.165) is 0 Å². The molecule has 0 unspecified atom stereocenters. The van der Waals surface area contributed by atoms with Crippen LogP contribution < -0.4 is 10.5 Å². The van der Waals surface area contributed by atoms with Crippen LogP contribution >= 0.6 is 0 Å². The second-order valence-corrected chi connectivity index (χ2v) is 2.93. The maximum Gasteiger partial charge on any atom is 0.123 e. The molecule has 0 atom stereocenters. The number of nitrogens with one attached hydrogen (secondary N) is 1. The van der Waals surface area contributed by atoms with Gasteiger partial charge in [0.1, 0.15) is 11.6 Å². The number of hydrogen-bond donors (Lipinski definition) is 2. The summed E-state index contributed by atoms with van der Waals surface area (Å²) in [6, 6.07) is 5.84. The largest absolute Gasteiger partial charge is 0.494 e. The molecule has 0 aromatic heterocycles. The van der Waals surface area contributed by atoms with E-state index in [9.17, 15) is 4.39 Å². The normalized spacial score (nSPS) is 9.79. The maximum absolute atomic E-state index is 12.5. The number of hydrogen-bond acceptors (Lipinski definition) is 2. The first-order valence-electron chi connectivity index (χ1n) is 4.40. The lowest BCUT2D eigenvalue weighted by molar-refractivity contribution is 0.313. The van der Waals surface area contributed by atoms with Crippen LogP contribution in [-0.4, -0.2) is 12.4 Å². The Kier molecular flexibility index (Phi) is 3.91. The molecule has 14 heavy (non-hydrogen) atoms. The molecule has 3 nitrogen and oxygen atoms in total. The van der Waals surface area contributed by atoms with Crippen LogP contribution in [0.5, 0.6) is 5.75 Å². The number of amidine groups is 1. The highest BCUT2D eigenvalue weighted by Gasteiger charge is 1.95. The molecule has 0 saturated heterocycles. The molecule has 4 heteroatoms.